The Bertz CT molecular complexity index is 299. The molecule has 1 fully saturated rings. The average Bonchev–Trinajstić information content (AvgIpc) is 2.88. The van der Waals surface area contributed by atoms with Crippen LogP contribution in [0.25, 0.3) is 0 Å². The smallest absolute Gasteiger partial charge is 0.234 e. The van der Waals surface area contributed by atoms with Crippen molar-refractivity contribution in [1.29, 1.82) is 0 Å². The van der Waals surface area contributed by atoms with Gasteiger partial charge in [-0.15, -0.1) is 0 Å². The molecule has 0 aromatic heterocycles. The fourth-order valence-electron chi connectivity index (χ4n) is 2.73. The van der Waals surface area contributed by atoms with E-state index in [1.807, 2.05) is 0 Å². The van der Waals surface area contributed by atoms with Crippen LogP contribution in [0.15, 0.2) is 0 Å². The number of rotatable bonds is 8. The quantitative estimate of drug-likeness (QED) is 0.668. The monoisotopic (exact) mass is 285 g/mol. The molecule has 0 unspecified atom stereocenters. The lowest BCUT2D eigenvalue weighted by Crippen LogP contribution is -2.47. The first-order valence-corrected chi connectivity index (χ1v) is 7.79. The first-order chi connectivity index (χ1) is 9.06. The third-order valence-corrected chi connectivity index (χ3v) is 4.03. The number of hydrogen-bond acceptors (Lipinski definition) is 3. The van der Waals surface area contributed by atoms with Crippen molar-refractivity contribution in [2.24, 2.45) is 5.73 Å². The molecule has 4 nitrogen and oxygen atoms in total. The first-order valence-electron chi connectivity index (χ1n) is 7.38. The van der Waals surface area contributed by atoms with Gasteiger partial charge in [0.25, 0.3) is 0 Å². The number of carbonyl (C=O) groups is 1. The summed E-state index contributed by atoms with van der Waals surface area (Å²) in [4.78, 5) is 14.7. The van der Waals surface area contributed by atoms with Crippen molar-refractivity contribution in [2.45, 2.75) is 64.5 Å². The van der Waals surface area contributed by atoms with E-state index in [1.54, 1.807) is 0 Å². The molecule has 0 atom stereocenters. The average molecular weight is 285 g/mol. The molecular weight excluding hydrogens is 258 g/mol. The first kappa shape index (κ1) is 16.4. The van der Waals surface area contributed by atoms with E-state index in [2.05, 4.69) is 24.1 Å². The molecule has 1 aliphatic rings. The van der Waals surface area contributed by atoms with Crippen LogP contribution in [0.1, 0.15) is 52.4 Å². The second kappa shape index (κ2) is 8.48. The molecule has 1 amide bonds. The molecule has 110 valence electrons. The molecule has 0 bridgehead atoms. The number of nitrogens with zero attached hydrogens (tertiary/aromatic N) is 1. The molecule has 0 saturated heterocycles. The minimum absolute atomic E-state index is 0.0943. The van der Waals surface area contributed by atoms with E-state index in [9.17, 15) is 4.79 Å². The van der Waals surface area contributed by atoms with Crippen LogP contribution in [0.4, 0.5) is 0 Å². The van der Waals surface area contributed by atoms with Crippen LogP contribution in [0.5, 0.6) is 0 Å². The van der Waals surface area contributed by atoms with Gasteiger partial charge in [0, 0.05) is 18.6 Å². The Morgan fingerprint density at radius 2 is 1.89 bits per heavy atom. The summed E-state index contributed by atoms with van der Waals surface area (Å²) in [5.41, 5.74) is 5.65. The van der Waals surface area contributed by atoms with Crippen molar-refractivity contribution < 1.29 is 4.79 Å². The summed E-state index contributed by atoms with van der Waals surface area (Å²) in [5, 5.41) is 3.08. The Labute approximate surface area is 122 Å². The maximum Gasteiger partial charge on any atom is 0.234 e. The van der Waals surface area contributed by atoms with Gasteiger partial charge in [-0.3, -0.25) is 9.69 Å². The Kier molecular flexibility index (Phi) is 7.31. The lowest BCUT2D eigenvalue weighted by molar-refractivity contribution is -0.123. The maximum atomic E-state index is 12.1. The van der Waals surface area contributed by atoms with Crippen molar-refractivity contribution in [3.8, 4) is 0 Å². The van der Waals surface area contributed by atoms with E-state index in [1.165, 1.54) is 12.8 Å². The molecule has 1 aliphatic carbocycles. The standard InChI is InChI=1S/C14H27N3OS/c1-3-11(4-2)16-14(18)10-17(9-13(15)19)12-7-5-6-8-12/h11-12H,3-10H2,1-2H3,(H2,15,19)(H,16,18). The minimum Gasteiger partial charge on any atom is -0.392 e. The second-order valence-electron chi connectivity index (χ2n) is 5.39. The number of nitrogens with two attached hydrogens (primary N) is 1. The second-order valence-corrected chi connectivity index (χ2v) is 5.91. The van der Waals surface area contributed by atoms with Crippen LogP contribution < -0.4 is 11.1 Å². The van der Waals surface area contributed by atoms with Crippen molar-refractivity contribution in [2.75, 3.05) is 13.1 Å². The van der Waals surface area contributed by atoms with Gasteiger partial charge >= 0.3 is 0 Å². The van der Waals surface area contributed by atoms with Crippen LogP contribution in [-0.4, -0.2) is 41.0 Å². The molecule has 0 aromatic rings. The van der Waals surface area contributed by atoms with E-state index in [4.69, 9.17) is 18.0 Å². The maximum absolute atomic E-state index is 12.1. The molecule has 3 N–H and O–H groups in total. The molecular formula is C14H27N3OS. The summed E-state index contributed by atoms with van der Waals surface area (Å²) in [6.07, 6.45) is 6.74. The highest BCUT2D eigenvalue weighted by Crippen LogP contribution is 2.23. The molecule has 1 saturated carbocycles. The van der Waals surface area contributed by atoms with E-state index in [-0.39, 0.29) is 11.9 Å². The lowest BCUT2D eigenvalue weighted by atomic mass is 10.1. The number of nitrogens with one attached hydrogen (secondary N) is 1. The molecule has 0 radical (unpaired) electrons. The topological polar surface area (TPSA) is 58.4 Å². The number of hydrogen-bond donors (Lipinski definition) is 2. The molecule has 19 heavy (non-hydrogen) atoms. The van der Waals surface area contributed by atoms with Crippen LogP contribution in [0.2, 0.25) is 0 Å². The normalized spacial score (nSPS) is 16.2. The third kappa shape index (κ3) is 5.87. The van der Waals surface area contributed by atoms with E-state index >= 15 is 0 Å². The summed E-state index contributed by atoms with van der Waals surface area (Å²) in [5.74, 6) is 0.0943. The van der Waals surface area contributed by atoms with Gasteiger partial charge in [0.1, 0.15) is 0 Å². The largest absolute Gasteiger partial charge is 0.392 e. The molecule has 0 spiro atoms. The van der Waals surface area contributed by atoms with Crippen molar-refractivity contribution in [3.05, 3.63) is 0 Å². The highest BCUT2D eigenvalue weighted by Gasteiger charge is 2.25. The van der Waals surface area contributed by atoms with Gasteiger partial charge in [-0.1, -0.05) is 38.9 Å². The summed E-state index contributed by atoms with van der Waals surface area (Å²) in [7, 11) is 0. The van der Waals surface area contributed by atoms with Crippen molar-refractivity contribution >= 4 is 23.1 Å². The predicted molar refractivity (Wildman–Crippen MR) is 83.1 cm³/mol. The molecule has 0 aromatic carbocycles. The zero-order valence-electron chi connectivity index (χ0n) is 12.2. The Morgan fingerprint density at radius 1 is 1.32 bits per heavy atom. The Hall–Kier alpha value is -0.680. The molecule has 0 aliphatic heterocycles. The fraction of sp³-hybridized carbons (Fsp3) is 0.857. The molecule has 1 rings (SSSR count). The zero-order chi connectivity index (χ0) is 14.3. The van der Waals surface area contributed by atoms with Gasteiger partial charge in [-0.05, 0) is 25.7 Å². The van der Waals surface area contributed by atoms with Gasteiger partial charge in [-0.25, -0.2) is 0 Å². The Morgan fingerprint density at radius 3 is 2.37 bits per heavy atom. The highest BCUT2D eigenvalue weighted by atomic mass is 32.1. The lowest BCUT2D eigenvalue weighted by Gasteiger charge is -2.28. The predicted octanol–water partition coefficient (Wildman–Crippen LogP) is 1.82. The minimum atomic E-state index is 0.0943. The third-order valence-electron chi connectivity index (χ3n) is 3.90. The van der Waals surface area contributed by atoms with Crippen LogP contribution in [0, 0.1) is 0 Å². The number of amides is 1. The van der Waals surface area contributed by atoms with E-state index < -0.39 is 0 Å². The number of thiocarbonyl (C=S) groups is 1. The van der Waals surface area contributed by atoms with Crippen LogP contribution in [-0.2, 0) is 4.79 Å². The van der Waals surface area contributed by atoms with Crippen LogP contribution >= 0.6 is 12.2 Å². The van der Waals surface area contributed by atoms with Gasteiger partial charge in [0.2, 0.25) is 5.91 Å². The van der Waals surface area contributed by atoms with Crippen LogP contribution in [0.3, 0.4) is 0 Å². The fourth-order valence-corrected chi connectivity index (χ4v) is 2.90. The van der Waals surface area contributed by atoms with Gasteiger partial charge in [-0.2, -0.15) is 0 Å². The van der Waals surface area contributed by atoms with Crippen molar-refractivity contribution in [3.63, 3.8) is 0 Å². The van der Waals surface area contributed by atoms with Gasteiger partial charge < -0.3 is 11.1 Å². The number of carbonyl (C=O) groups excluding carboxylic acids is 1. The SMILES string of the molecule is CCC(CC)NC(=O)CN(CC(N)=S)C1CCCC1. The van der Waals surface area contributed by atoms with E-state index in [0.717, 1.165) is 25.7 Å². The van der Waals surface area contributed by atoms with Gasteiger partial charge in [0.05, 0.1) is 11.5 Å². The summed E-state index contributed by atoms with van der Waals surface area (Å²) < 4.78 is 0. The molecule has 0 heterocycles. The van der Waals surface area contributed by atoms with Gasteiger partial charge in [0.15, 0.2) is 0 Å². The zero-order valence-corrected chi connectivity index (χ0v) is 13.0. The van der Waals surface area contributed by atoms with Crippen molar-refractivity contribution in [1.82, 2.24) is 10.2 Å². The Balaban J connectivity index is 2.50. The summed E-state index contributed by atoms with van der Waals surface area (Å²) >= 11 is 5.00. The summed E-state index contributed by atoms with van der Waals surface area (Å²) in [6.45, 7) is 5.16. The molecule has 5 heteroatoms. The van der Waals surface area contributed by atoms with E-state index in [0.29, 0.717) is 24.1 Å². The highest BCUT2D eigenvalue weighted by molar-refractivity contribution is 7.80. The summed E-state index contributed by atoms with van der Waals surface area (Å²) in [6, 6.07) is 0.747.